The summed E-state index contributed by atoms with van der Waals surface area (Å²) in [5, 5.41) is 5.58. The van der Waals surface area contributed by atoms with Gasteiger partial charge in [0.15, 0.2) is 0 Å². The Bertz CT molecular complexity index is 734. The normalized spacial score (nSPS) is 14.5. The zero-order chi connectivity index (χ0) is 20.9. The lowest BCUT2D eigenvalue weighted by atomic mass is 10.1. The Kier molecular flexibility index (Phi) is 6.88. The van der Waals surface area contributed by atoms with Crippen LogP contribution in [0.4, 0.5) is 16.2 Å². The van der Waals surface area contributed by atoms with Crippen LogP contribution in [-0.4, -0.2) is 54.6 Å². The Balaban J connectivity index is 2.06. The topological polar surface area (TPSA) is 91.0 Å². The van der Waals surface area contributed by atoms with Crippen molar-refractivity contribution in [2.24, 2.45) is 0 Å². The van der Waals surface area contributed by atoms with Crippen molar-refractivity contribution < 1.29 is 19.1 Å². The number of piperazine rings is 1. The molecule has 0 bridgehead atoms. The van der Waals surface area contributed by atoms with Gasteiger partial charge in [-0.1, -0.05) is 6.07 Å². The van der Waals surface area contributed by atoms with Crippen molar-refractivity contribution in [2.45, 2.75) is 46.8 Å². The summed E-state index contributed by atoms with van der Waals surface area (Å²) in [7, 11) is 0. The molecule has 0 saturated carbocycles. The van der Waals surface area contributed by atoms with Gasteiger partial charge in [-0.3, -0.25) is 9.59 Å². The van der Waals surface area contributed by atoms with E-state index in [9.17, 15) is 14.4 Å². The molecule has 8 nitrogen and oxygen atoms in total. The highest BCUT2D eigenvalue weighted by Crippen LogP contribution is 2.25. The van der Waals surface area contributed by atoms with E-state index in [4.69, 9.17) is 4.74 Å². The number of ether oxygens (including phenoxy) is 1. The highest BCUT2D eigenvalue weighted by Gasteiger charge is 2.26. The third kappa shape index (κ3) is 6.44. The van der Waals surface area contributed by atoms with Gasteiger partial charge < -0.3 is 25.2 Å². The average Bonchev–Trinajstić information content (AvgIpc) is 2.58. The van der Waals surface area contributed by atoms with Gasteiger partial charge in [0.25, 0.3) is 0 Å². The van der Waals surface area contributed by atoms with Gasteiger partial charge in [0.1, 0.15) is 5.60 Å². The number of benzene rings is 1. The molecule has 1 aromatic carbocycles. The average molecular weight is 390 g/mol. The van der Waals surface area contributed by atoms with Gasteiger partial charge in [-0.05, 0) is 38.5 Å². The summed E-state index contributed by atoms with van der Waals surface area (Å²) < 4.78 is 5.43. The summed E-state index contributed by atoms with van der Waals surface area (Å²) >= 11 is 0. The molecular formula is C20H30N4O4. The maximum absolute atomic E-state index is 12.2. The van der Waals surface area contributed by atoms with Gasteiger partial charge in [-0.2, -0.15) is 0 Å². The Labute approximate surface area is 166 Å². The van der Waals surface area contributed by atoms with Crippen molar-refractivity contribution in [3.05, 3.63) is 23.8 Å². The van der Waals surface area contributed by atoms with Crippen LogP contribution in [0.3, 0.4) is 0 Å². The van der Waals surface area contributed by atoms with Crippen molar-refractivity contribution in [2.75, 3.05) is 36.4 Å². The first kappa shape index (κ1) is 21.5. The summed E-state index contributed by atoms with van der Waals surface area (Å²) in [6, 6.07) is 5.77. The highest BCUT2D eigenvalue weighted by atomic mass is 16.6. The Morgan fingerprint density at radius 1 is 1.04 bits per heavy atom. The number of nitrogens with one attached hydrogen (secondary N) is 2. The number of carbonyl (C=O) groups excluding carboxylic acids is 3. The highest BCUT2D eigenvalue weighted by molar-refractivity contribution is 5.90. The molecule has 0 spiro atoms. The van der Waals surface area contributed by atoms with Crippen LogP contribution in [0.25, 0.3) is 0 Å². The molecule has 28 heavy (non-hydrogen) atoms. The lowest BCUT2D eigenvalue weighted by Gasteiger charge is -2.37. The van der Waals surface area contributed by atoms with Crippen LogP contribution in [0, 0.1) is 0 Å². The number of nitrogens with zero attached hydrogens (tertiary/aromatic N) is 2. The predicted octanol–water partition coefficient (Wildman–Crippen LogP) is 2.34. The van der Waals surface area contributed by atoms with Crippen molar-refractivity contribution in [3.8, 4) is 0 Å². The van der Waals surface area contributed by atoms with E-state index >= 15 is 0 Å². The SMILES string of the molecule is CC(=O)NCc1ccc(N2CCN(C(=O)OC(C)(C)C)CC2)cc1NC(C)=O. The number of amides is 3. The summed E-state index contributed by atoms with van der Waals surface area (Å²) in [4.78, 5) is 38.8. The van der Waals surface area contributed by atoms with Gasteiger partial charge in [0.2, 0.25) is 11.8 Å². The standard InChI is InChI=1S/C20H30N4O4/c1-14(25)21-13-16-6-7-17(12-18(16)22-15(2)26)23-8-10-24(11-9-23)19(27)28-20(3,4)5/h6-7,12H,8-11,13H2,1-5H3,(H,21,25)(H,22,26). The number of hydrogen-bond acceptors (Lipinski definition) is 5. The smallest absolute Gasteiger partial charge is 0.410 e. The molecule has 1 aliphatic rings. The summed E-state index contributed by atoms with van der Waals surface area (Å²) in [6.07, 6.45) is -0.295. The minimum atomic E-state index is -0.509. The molecule has 1 aromatic rings. The van der Waals surface area contributed by atoms with Crippen LogP contribution in [0.1, 0.15) is 40.2 Å². The summed E-state index contributed by atoms with van der Waals surface area (Å²) in [5.41, 5.74) is 1.96. The molecule has 2 N–H and O–H groups in total. The first-order chi connectivity index (χ1) is 13.0. The third-order valence-electron chi connectivity index (χ3n) is 4.23. The molecule has 2 rings (SSSR count). The van der Waals surface area contributed by atoms with E-state index in [0.717, 1.165) is 11.3 Å². The molecular weight excluding hydrogens is 360 g/mol. The van der Waals surface area contributed by atoms with Gasteiger partial charge >= 0.3 is 6.09 Å². The molecule has 3 amide bonds. The molecule has 0 aromatic heterocycles. The quantitative estimate of drug-likeness (QED) is 0.823. The molecule has 1 aliphatic heterocycles. The Hall–Kier alpha value is -2.77. The molecule has 1 saturated heterocycles. The second-order valence-electron chi connectivity index (χ2n) is 7.89. The van der Waals surface area contributed by atoms with E-state index in [1.807, 2.05) is 39.0 Å². The van der Waals surface area contributed by atoms with Crippen LogP contribution in [-0.2, 0) is 20.9 Å². The van der Waals surface area contributed by atoms with Gasteiger partial charge in [-0.15, -0.1) is 0 Å². The Morgan fingerprint density at radius 2 is 1.68 bits per heavy atom. The zero-order valence-electron chi connectivity index (χ0n) is 17.3. The van der Waals surface area contributed by atoms with Crippen molar-refractivity contribution in [1.82, 2.24) is 10.2 Å². The number of rotatable bonds is 4. The number of hydrogen-bond donors (Lipinski definition) is 2. The van der Waals surface area contributed by atoms with Crippen LogP contribution < -0.4 is 15.5 Å². The van der Waals surface area contributed by atoms with E-state index < -0.39 is 5.60 Å². The molecule has 0 atom stereocenters. The minimum absolute atomic E-state index is 0.129. The predicted molar refractivity (Wildman–Crippen MR) is 108 cm³/mol. The van der Waals surface area contributed by atoms with Crippen LogP contribution in [0.5, 0.6) is 0 Å². The van der Waals surface area contributed by atoms with Crippen molar-refractivity contribution in [1.29, 1.82) is 0 Å². The minimum Gasteiger partial charge on any atom is -0.444 e. The van der Waals surface area contributed by atoms with Gasteiger partial charge in [0.05, 0.1) is 0 Å². The third-order valence-corrected chi connectivity index (χ3v) is 4.23. The molecule has 1 heterocycles. The number of carbonyl (C=O) groups is 3. The summed E-state index contributed by atoms with van der Waals surface area (Å²) in [5.74, 6) is -0.299. The van der Waals surface area contributed by atoms with E-state index in [-0.39, 0.29) is 17.9 Å². The maximum atomic E-state index is 12.2. The van der Waals surface area contributed by atoms with E-state index in [2.05, 4.69) is 15.5 Å². The fraction of sp³-hybridized carbons (Fsp3) is 0.550. The second-order valence-corrected chi connectivity index (χ2v) is 7.89. The first-order valence-corrected chi connectivity index (χ1v) is 9.43. The molecule has 8 heteroatoms. The van der Waals surface area contributed by atoms with E-state index in [1.165, 1.54) is 13.8 Å². The molecule has 154 valence electrons. The Morgan fingerprint density at radius 3 is 2.21 bits per heavy atom. The van der Waals surface area contributed by atoms with Gasteiger partial charge in [-0.25, -0.2) is 4.79 Å². The fourth-order valence-electron chi connectivity index (χ4n) is 2.91. The molecule has 1 fully saturated rings. The van der Waals surface area contributed by atoms with Crippen LogP contribution >= 0.6 is 0 Å². The van der Waals surface area contributed by atoms with Crippen molar-refractivity contribution >= 4 is 29.3 Å². The monoisotopic (exact) mass is 390 g/mol. The second kappa shape index (κ2) is 8.95. The first-order valence-electron chi connectivity index (χ1n) is 9.43. The number of anilines is 2. The molecule has 0 aliphatic carbocycles. The maximum Gasteiger partial charge on any atom is 0.410 e. The van der Waals surface area contributed by atoms with Crippen molar-refractivity contribution in [3.63, 3.8) is 0 Å². The van der Waals surface area contributed by atoms with Crippen LogP contribution in [0.15, 0.2) is 18.2 Å². The summed E-state index contributed by atoms with van der Waals surface area (Å²) in [6.45, 7) is 11.3. The van der Waals surface area contributed by atoms with E-state index in [0.29, 0.717) is 38.4 Å². The molecule has 0 radical (unpaired) electrons. The van der Waals surface area contributed by atoms with Crippen LogP contribution in [0.2, 0.25) is 0 Å². The fourth-order valence-corrected chi connectivity index (χ4v) is 2.91. The molecule has 0 unspecified atom stereocenters. The van der Waals surface area contributed by atoms with Gasteiger partial charge in [0, 0.05) is 57.9 Å². The lowest BCUT2D eigenvalue weighted by molar-refractivity contribution is -0.119. The lowest BCUT2D eigenvalue weighted by Crippen LogP contribution is -2.50. The van der Waals surface area contributed by atoms with E-state index in [1.54, 1.807) is 4.90 Å². The largest absolute Gasteiger partial charge is 0.444 e. The zero-order valence-corrected chi connectivity index (χ0v) is 17.3.